The number of nitrogens with zero attached hydrogens (tertiary/aromatic N) is 4. The Kier molecular flexibility index (Phi) is 5.60. The van der Waals surface area contributed by atoms with Crippen LogP contribution in [-0.2, 0) is 6.54 Å². The van der Waals surface area contributed by atoms with Gasteiger partial charge in [-0.2, -0.15) is 0 Å². The summed E-state index contributed by atoms with van der Waals surface area (Å²) >= 11 is 0. The number of anilines is 1. The van der Waals surface area contributed by atoms with E-state index >= 15 is 0 Å². The van der Waals surface area contributed by atoms with Crippen molar-refractivity contribution in [3.8, 4) is 11.5 Å². The minimum Gasteiger partial charge on any atom is -0.453 e. The molecule has 0 aliphatic carbocycles. The molecule has 1 amide bonds. The smallest absolute Gasteiger partial charge is 0.270 e. The molecule has 3 heterocycles. The Bertz CT molecular complexity index is 993. The van der Waals surface area contributed by atoms with Gasteiger partial charge in [0.1, 0.15) is 11.4 Å². The third-order valence-electron chi connectivity index (χ3n) is 4.58. The van der Waals surface area contributed by atoms with E-state index in [4.69, 9.17) is 4.74 Å². The predicted octanol–water partition coefficient (Wildman–Crippen LogP) is 3.33. The second kappa shape index (κ2) is 8.64. The van der Waals surface area contributed by atoms with Crippen LogP contribution >= 0.6 is 0 Å². The molecule has 0 unspecified atom stereocenters. The van der Waals surface area contributed by atoms with Crippen molar-refractivity contribution in [1.29, 1.82) is 0 Å². The maximum absolute atomic E-state index is 14.3. The topological polar surface area (TPSA) is 80.2 Å². The Morgan fingerprint density at radius 3 is 2.79 bits per heavy atom. The first-order chi connectivity index (χ1) is 14.2. The van der Waals surface area contributed by atoms with Crippen LogP contribution < -0.4 is 15.0 Å². The zero-order chi connectivity index (χ0) is 20.1. The van der Waals surface area contributed by atoms with Crippen LogP contribution in [0.2, 0.25) is 0 Å². The number of nitrogens with one attached hydrogen (secondary N) is 1. The van der Waals surface area contributed by atoms with Crippen molar-refractivity contribution >= 4 is 11.9 Å². The summed E-state index contributed by atoms with van der Waals surface area (Å²) in [5, 5.41) is 2.76. The second-order valence-corrected chi connectivity index (χ2v) is 6.67. The van der Waals surface area contributed by atoms with Crippen LogP contribution in [0.25, 0.3) is 0 Å². The molecule has 0 saturated carbocycles. The fourth-order valence-electron chi connectivity index (χ4n) is 3.09. The zero-order valence-corrected chi connectivity index (χ0v) is 15.7. The number of hydrogen-bond donors (Lipinski definition) is 1. The normalized spacial score (nSPS) is 13.3. The summed E-state index contributed by atoms with van der Waals surface area (Å²) in [5.74, 6) is 0.269. The molecule has 1 aromatic carbocycles. The van der Waals surface area contributed by atoms with Gasteiger partial charge in [-0.25, -0.2) is 14.4 Å². The summed E-state index contributed by atoms with van der Waals surface area (Å²) in [7, 11) is 0. The van der Waals surface area contributed by atoms with Gasteiger partial charge in [0, 0.05) is 32.0 Å². The van der Waals surface area contributed by atoms with Crippen LogP contribution in [0.15, 0.2) is 55.0 Å². The summed E-state index contributed by atoms with van der Waals surface area (Å²) < 4.78 is 19.8. The Labute approximate surface area is 167 Å². The van der Waals surface area contributed by atoms with E-state index in [1.54, 1.807) is 36.7 Å². The van der Waals surface area contributed by atoms with Gasteiger partial charge in [-0.1, -0.05) is 6.07 Å². The van der Waals surface area contributed by atoms with Crippen LogP contribution in [0.5, 0.6) is 11.5 Å². The molecule has 1 N–H and O–H groups in total. The monoisotopic (exact) mass is 393 g/mol. The summed E-state index contributed by atoms with van der Waals surface area (Å²) in [6, 6.07) is 9.53. The van der Waals surface area contributed by atoms with E-state index in [0.717, 1.165) is 25.9 Å². The lowest BCUT2D eigenvalue weighted by atomic mass is 10.2. The second-order valence-electron chi connectivity index (χ2n) is 6.67. The van der Waals surface area contributed by atoms with Gasteiger partial charge in [-0.05, 0) is 48.7 Å². The van der Waals surface area contributed by atoms with E-state index < -0.39 is 5.82 Å². The number of benzene rings is 1. The van der Waals surface area contributed by atoms with Crippen LogP contribution in [0.1, 0.15) is 28.9 Å². The molecule has 1 aliphatic rings. The van der Waals surface area contributed by atoms with Crippen molar-refractivity contribution in [2.75, 3.05) is 18.0 Å². The Hall–Kier alpha value is -3.55. The highest BCUT2D eigenvalue weighted by molar-refractivity contribution is 5.92. The Morgan fingerprint density at radius 2 is 2.03 bits per heavy atom. The van der Waals surface area contributed by atoms with Gasteiger partial charge in [-0.15, -0.1) is 0 Å². The number of halogens is 1. The SMILES string of the molecule is O=C(NCc1ccc(Oc2cccnc2)c(F)c1)c1ccnc(N2CCCC2)n1. The van der Waals surface area contributed by atoms with Crippen LogP contribution in [-0.4, -0.2) is 33.9 Å². The van der Waals surface area contributed by atoms with Crippen molar-refractivity contribution in [3.05, 3.63) is 72.1 Å². The van der Waals surface area contributed by atoms with Gasteiger partial charge in [0.2, 0.25) is 5.95 Å². The third kappa shape index (κ3) is 4.66. The summed E-state index contributed by atoms with van der Waals surface area (Å²) in [4.78, 5) is 27.0. The molecule has 8 heteroatoms. The molecule has 0 radical (unpaired) electrons. The average molecular weight is 393 g/mol. The molecule has 2 aromatic heterocycles. The molecule has 3 aromatic rings. The number of rotatable bonds is 6. The molecule has 148 valence electrons. The third-order valence-corrected chi connectivity index (χ3v) is 4.58. The van der Waals surface area contributed by atoms with Crippen LogP contribution in [0, 0.1) is 5.82 Å². The van der Waals surface area contributed by atoms with Gasteiger partial charge in [0.15, 0.2) is 11.6 Å². The van der Waals surface area contributed by atoms with Crippen molar-refractivity contribution in [1.82, 2.24) is 20.3 Å². The highest BCUT2D eigenvalue weighted by Gasteiger charge is 2.17. The van der Waals surface area contributed by atoms with Gasteiger partial charge < -0.3 is 15.0 Å². The molecular weight excluding hydrogens is 373 g/mol. The standard InChI is InChI=1S/C21H20FN5O2/c22-17-12-15(5-6-19(17)29-16-4-3-8-23-14-16)13-25-20(28)18-7-9-24-21(26-18)27-10-1-2-11-27/h3-9,12,14H,1-2,10-11,13H2,(H,25,28). The van der Waals surface area contributed by atoms with Gasteiger partial charge >= 0.3 is 0 Å². The Morgan fingerprint density at radius 1 is 1.17 bits per heavy atom. The maximum Gasteiger partial charge on any atom is 0.270 e. The van der Waals surface area contributed by atoms with Crippen LogP contribution in [0.3, 0.4) is 0 Å². The summed E-state index contributed by atoms with van der Waals surface area (Å²) in [6.45, 7) is 1.97. The molecule has 0 spiro atoms. The quantitative estimate of drug-likeness (QED) is 0.692. The number of pyridine rings is 1. The van der Waals surface area contributed by atoms with Gasteiger partial charge in [0.05, 0.1) is 6.20 Å². The molecule has 29 heavy (non-hydrogen) atoms. The van der Waals surface area contributed by atoms with Crippen molar-refractivity contribution in [2.45, 2.75) is 19.4 Å². The first kappa shape index (κ1) is 18.8. The lowest BCUT2D eigenvalue weighted by Crippen LogP contribution is -2.26. The van der Waals surface area contributed by atoms with Gasteiger partial charge in [0.25, 0.3) is 5.91 Å². The summed E-state index contributed by atoms with van der Waals surface area (Å²) in [5.41, 5.74) is 0.905. The fourth-order valence-corrected chi connectivity index (χ4v) is 3.09. The number of ether oxygens (including phenoxy) is 1. The van der Waals surface area contributed by atoms with Gasteiger partial charge in [-0.3, -0.25) is 9.78 Å². The van der Waals surface area contributed by atoms with E-state index in [2.05, 4.69) is 25.2 Å². The van der Waals surface area contributed by atoms with Crippen molar-refractivity contribution in [2.24, 2.45) is 0 Å². The number of carbonyl (C=O) groups is 1. The first-order valence-corrected chi connectivity index (χ1v) is 9.41. The molecule has 0 bridgehead atoms. The lowest BCUT2D eigenvalue weighted by molar-refractivity contribution is 0.0945. The molecular formula is C21H20FN5O2. The largest absolute Gasteiger partial charge is 0.453 e. The molecule has 0 atom stereocenters. The minimum atomic E-state index is -0.515. The number of aromatic nitrogens is 3. The maximum atomic E-state index is 14.3. The first-order valence-electron chi connectivity index (χ1n) is 9.41. The van der Waals surface area contributed by atoms with Crippen LogP contribution in [0.4, 0.5) is 10.3 Å². The molecule has 1 aliphatic heterocycles. The molecule has 1 fully saturated rings. The highest BCUT2D eigenvalue weighted by atomic mass is 19.1. The predicted molar refractivity (Wildman–Crippen MR) is 105 cm³/mol. The Balaban J connectivity index is 1.38. The molecule has 1 saturated heterocycles. The van der Waals surface area contributed by atoms with E-state index in [1.165, 1.54) is 18.3 Å². The number of carbonyl (C=O) groups excluding carboxylic acids is 1. The van der Waals surface area contributed by atoms with E-state index in [9.17, 15) is 9.18 Å². The van der Waals surface area contributed by atoms with Crippen molar-refractivity contribution in [3.63, 3.8) is 0 Å². The molecule has 4 rings (SSSR count). The highest BCUT2D eigenvalue weighted by Crippen LogP contribution is 2.24. The average Bonchev–Trinajstić information content (AvgIpc) is 3.30. The minimum absolute atomic E-state index is 0.0964. The molecule has 7 nitrogen and oxygen atoms in total. The zero-order valence-electron chi connectivity index (χ0n) is 15.7. The van der Waals surface area contributed by atoms with E-state index in [-0.39, 0.29) is 18.2 Å². The number of amides is 1. The number of hydrogen-bond acceptors (Lipinski definition) is 6. The van der Waals surface area contributed by atoms with E-state index in [0.29, 0.717) is 23.0 Å². The van der Waals surface area contributed by atoms with Crippen molar-refractivity contribution < 1.29 is 13.9 Å². The summed E-state index contributed by atoms with van der Waals surface area (Å²) in [6.07, 6.45) is 6.91. The fraction of sp³-hybridized carbons (Fsp3) is 0.238. The lowest BCUT2D eigenvalue weighted by Gasteiger charge is -2.15. The van der Waals surface area contributed by atoms with E-state index in [1.807, 2.05) is 0 Å².